The first kappa shape index (κ1) is 19.1. The molecule has 0 aliphatic carbocycles. The number of nitrogens with zero attached hydrogens (tertiary/aromatic N) is 1. The summed E-state index contributed by atoms with van der Waals surface area (Å²) in [6.07, 6.45) is 0.370. The van der Waals surface area contributed by atoms with Crippen LogP contribution in [-0.4, -0.2) is 44.4 Å². The molecule has 7 heteroatoms. The van der Waals surface area contributed by atoms with Gasteiger partial charge in [-0.3, -0.25) is 4.79 Å². The number of carbonyl (C=O) groups is 2. The van der Waals surface area contributed by atoms with Crippen LogP contribution in [0.3, 0.4) is 0 Å². The summed E-state index contributed by atoms with van der Waals surface area (Å²) in [6, 6.07) is 15.2. The largest absolute Gasteiger partial charge is 0.452 e. The Morgan fingerprint density at radius 2 is 1.74 bits per heavy atom. The number of benzene rings is 2. The molecule has 1 aliphatic rings. The lowest BCUT2D eigenvalue weighted by atomic mass is 10.1. The standard InChI is InChI=1S/C20H21NO5S/c1-15-7-9-16(10-8-15)20(23)26-13-19(22)21(17-5-3-2-4-6-17)18-11-12-27(24,25)14-18/h2-10,18H,11-14H2,1H3/t18-/m0/s1. The maximum atomic E-state index is 12.8. The molecule has 0 radical (unpaired) electrons. The van der Waals surface area contributed by atoms with E-state index >= 15 is 0 Å². The molecule has 1 fully saturated rings. The molecule has 2 aromatic carbocycles. The lowest BCUT2D eigenvalue weighted by molar-refractivity contribution is -0.122. The third kappa shape index (κ3) is 4.74. The molecule has 27 heavy (non-hydrogen) atoms. The Balaban J connectivity index is 1.73. The molecular formula is C20H21NO5S. The SMILES string of the molecule is Cc1ccc(C(=O)OCC(=O)N(c2ccccc2)[C@H]2CCS(=O)(=O)C2)cc1. The van der Waals surface area contributed by atoms with Crippen LogP contribution in [0.15, 0.2) is 54.6 Å². The van der Waals surface area contributed by atoms with E-state index in [4.69, 9.17) is 4.74 Å². The predicted octanol–water partition coefficient (Wildman–Crippen LogP) is 2.37. The van der Waals surface area contributed by atoms with Crippen LogP contribution in [0.25, 0.3) is 0 Å². The molecule has 3 rings (SSSR count). The van der Waals surface area contributed by atoms with Crippen LogP contribution in [0.1, 0.15) is 22.3 Å². The highest BCUT2D eigenvalue weighted by Crippen LogP contribution is 2.24. The van der Waals surface area contributed by atoms with Crippen LogP contribution in [0.4, 0.5) is 5.69 Å². The number of anilines is 1. The lowest BCUT2D eigenvalue weighted by Crippen LogP contribution is -2.43. The first-order valence-corrected chi connectivity index (χ1v) is 10.5. The normalized spacial score (nSPS) is 18.0. The van der Waals surface area contributed by atoms with Gasteiger partial charge in [-0.25, -0.2) is 13.2 Å². The first-order chi connectivity index (χ1) is 12.9. The number of para-hydroxylation sites is 1. The van der Waals surface area contributed by atoms with Crippen molar-refractivity contribution >= 4 is 27.4 Å². The van der Waals surface area contributed by atoms with E-state index in [0.29, 0.717) is 17.7 Å². The maximum Gasteiger partial charge on any atom is 0.338 e. The van der Waals surface area contributed by atoms with Crippen molar-refractivity contribution in [3.63, 3.8) is 0 Å². The van der Waals surface area contributed by atoms with Gasteiger partial charge in [0.2, 0.25) is 0 Å². The zero-order chi connectivity index (χ0) is 19.4. The van der Waals surface area contributed by atoms with Crippen LogP contribution in [0.5, 0.6) is 0 Å². The monoisotopic (exact) mass is 387 g/mol. The molecule has 0 N–H and O–H groups in total. The number of aryl methyl sites for hydroxylation is 1. The number of amides is 1. The average molecular weight is 387 g/mol. The topological polar surface area (TPSA) is 80.8 Å². The Bertz CT molecular complexity index is 923. The van der Waals surface area contributed by atoms with Gasteiger partial charge in [0, 0.05) is 5.69 Å². The van der Waals surface area contributed by atoms with Gasteiger partial charge in [-0.2, -0.15) is 0 Å². The van der Waals surface area contributed by atoms with Crippen LogP contribution in [0.2, 0.25) is 0 Å². The minimum absolute atomic E-state index is 0.0530. The van der Waals surface area contributed by atoms with Crippen molar-refractivity contribution < 1.29 is 22.7 Å². The van der Waals surface area contributed by atoms with E-state index in [0.717, 1.165) is 5.56 Å². The molecule has 0 bridgehead atoms. The molecule has 0 saturated carbocycles. The number of hydrogen-bond donors (Lipinski definition) is 0. The van der Waals surface area contributed by atoms with Crippen molar-refractivity contribution in [2.75, 3.05) is 23.0 Å². The zero-order valence-electron chi connectivity index (χ0n) is 15.0. The van der Waals surface area contributed by atoms with Gasteiger partial charge in [-0.05, 0) is 37.6 Å². The van der Waals surface area contributed by atoms with Gasteiger partial charge in [0.1, 0.15) is 0 Å². The number of sulfone groups is 1. The van der Waals surface area contributed by atoms with Gasteiger partial charge in [0.25, 0.3) is 5.91 Å². The molecule has 0 spiro atoms. The van der Waals surface area contributed by atoms with E-state index in [9.17, 15) is 18.0 Å². The molecule has 1 saturated heterocycles. The van der Waals surface area contributed by atoms with E-state index in [2.05, 4.69) is 0 Å². The number of ether oxygens (including phenoxy) is 1. The van der Waals surface area contributed by atoms with Gasteiger partial charge in [0.15, 0.2) is 16.4 Å². The minimum atomic E-state index is -3.16. The highest BCUT2D eigenvalue weighted by molar-refractivity contribution is 7.91. The molecule has 1 heterocycles. The van der Waals surface area contributed by atoms with Crippen molar-refractivity contribution in [3.8, 4) is 0 Å². The fraction of sp³-hybridized carbons (Fsp3) is 0.300. The minimum Gasteiger partial charge on any atom is -0.452 e. The molecule has 1 aliphatic heterocycles. The average Bonchev–Trinajstić information content (AvgIpc) is 3.00. The molecule has 1 amide bonds. The Labute approximate surface area is 158 Å². The third-order valence-corrected chi connectivity index (χ3v) is 6.24. The Morgan fingerprint density at radius 1 is 1.07 bits per heavy atom. The van der Waals surface area contributed by atoms with E-state index in [1.807, 2.05) is 13.0 Å². The fourth-order valence-electron chi connectivity index (χ4n) is 3.10. The van der Waals surface area contributed by atoms with Crippen molar-refractivity contribution in [3.05, 3.63) is 65.7 Å². The summed E-state index contributed by atoms with van der Waals surface area (Å²) in [5.41, 5.74) is 1.97. The van der Waals surface area contributed by atoms with Gasteiger partial charge in [0.05, 0.1) is 23.1 Å². The predicted molar refractivity (Wildman–Crippen MR) is 102 cm³/mol. The fourth-order valence-corrected chi connectivity index (χ4v) is 4.80. The summed E-state index contributed by atoms with van der Waals surface area (Å²) >= 11 is 0. The van der Waals surface area contributed by atoms with E-state index in [1.54, 1.807) is 48.5 Å². The van der Waals surface area contributed by atoms with Gasteiger partial charge in [-0.15, -0.1) is 0 Å². The molecule has 2 aromatic rings. The quantitative estimate of drug-likeness (QED) is 0.736. The second-order valence-electron chi connectivity index (χ2n) is 6.60. The summed E-state index contributed by atoms with van der Waals surface area (Å²) in [5, 5.41) is 0. The maximum absolute atomic E-state index is 12.8. The summed E-state index contributed by atoms with van der Waals surface area (Å²) in [6.45, 7) is 1.46. The lowest BCUT2D eigenvalue weighted by Gasteiger charge is -2.28. The van der Waals surface area contributed by atoms with Crippen molar-refractivity contribution in [2.24, 2.45) is 0 Å². The van der Waals surface area contributed by atoms with Gasteiger partial charge < -0.3 is 9.64 Å². The van der Waals surface area contributed by atoms with Crippen molar-refractivity contribution in [1.29, 1.82) is 0 Å². The van der Waals surface area contributed by atoms with Gasteiger partial charge >= 0.3 is 5.97 Å². The second kappa shape index (κ2) is 7.92. The molecule has 6 nitrogen and oxygen atoms in total. The Morgan fingerprint density at radius 3 is 2.33 bits per heavy atom. The highest BCUT2D eigenvalue weighted by Gasteiger charge is 2.35. The number of rotatable bonds is 5. The summed E-state index contributed by atoms with van der Waals surface area (Å²) in [5.74, 6) is -1.06. The second-order valence-corrected chi connectivity index (χ2v) is 8.83. The number of hydrogen-bond acceptors (Lipinski definition) is 5. The van der Waals surface area contributed by atoms with Crippen LogP contribution < -0.4 is 4.90 Å². The molecule has 142 valence electrons. The molecule has 0 unspecified atom stereocenters. The summed E-state index contributed by atoms with van der Waals surface area (Å²) in [4.78, 5) is 26.4. The van der Waals surface area contributed by atoms with Crippen LogP contribution >= 0.6 is 0 Å². The van der Waals surface area contributed by atoms with E-state index in [1.165, 1.54) is 4.90 Å². The Kier molecular flexibility index (Phi) is 5.60. The molecule has 1 atom stereocenters. The summed E-state index contributed by atoms with van der Waals surface area (Å²) < 4.78 is 28.9. The van der Waals surface area contributed by atoms with E-state index < -0.39 is 34.4 Å². The zero-order valence-corrected chi connectivity index (χ0v) is 15.8. The molecule has 0 aromatic heterocycles. The Hall–Kier alpha value is -2.67. The number of esters is 1. The summed E-state index contributed by atoms with van der Waals surface area (Å²) in [7, 11) is -3.16. The smallest absolute Gasteiger partial charge is 0.338 e. The van der Waals surface area contributed by atoms with Crippen LogP contribution in [-0.2, 0) is 19.4 Å². The van der Waals surface area contributed by atoms with Crippen LogP contribution in [0, 0.1) is 6.92 Å². The van der Waals surface area contributed by atoms with Gasteiger partial charge in [-0.1, -0.05) is 35.9 Å². The first-order valence-electron chi connectivity index (χ1n) is 8.67. The van der Waals surface area contributed by atoms with E-state index in [-0.39, 0.29) is 11.5 Å². The van der Waals surface area contributed by atoms with Crippen molar-refractivity contribution in [1.82, 2.24) is 0 Å². The third-order valence-electron chi connectivity index (χ3n) is 4.49. The number of carbonyl (C=O) groups excluding carboxylic acids is 2. The van der Waals surface area contributed by atoms with Crippen molar-refractivity contribution in [2.45, 2.75) is 19.4 Å². The highest BCUT2D eigenvalue weighted by atomic mass is 32.2. The molecular weight excluding hydrogens is 366 g/mol.